The summed E-state index contributed by atoms with van der Waals surface area (Å²) in [4.78, 5) is 4.22. The Morgan fingerprint density at radius 1 is 1.18 bits per heavy atom. The van der Waals surface area contributed by atoms with Crippen LogP contribution in [0.2, 0.25) is 0 Å². The van der Waals surface area contributed by atoms with Gasteiger partial charge < -0.3 is 4.74 Å². The Morgan fingerprint density at radius 2 is 1.88 bits per heavy atom. The van der Waals surface area contributed by atoms with Gasteiger partial charge in [-0.1, -0.05) is 20.8 Å². The second-order valence-corrected chi connectivity index (χ2v) is 5.08. The standard InChI is InChI=1S/C14H16FNO/c1-14(2,3)9-7-8-16-13-11(17-4)6-5-10(15)12(9)13/h5-8H,1-4H3. The molecule has 0 amide bonds. The van der Waals surface area contributed by atoms with Crippen LogP contribution in [0.3, 0.4) is 0 Å². The van der Waals surface area contributed by atoms with Crippen LogP contribution in [-0.4, -0.2) is 12.1 Å². The summed E-state index contributed by atoms with van der Waals surface area (Å²) in [6.07, 6.45) is 1.70. The van der Waals surface area contributed by atoms with Crippen LogP contribution in [0.15, 0.2) is 24.4 Å². The van der Waals surface area contributed by atoms with Crippen molar-refractivity contribution < 1.29 is 9.13 Å². The van der Waals surface area contributed by atoms with Crippen molar-refractivity contribution in [2.75, 3.05) is 7.11 Å². The van der Waals surface area contributed by atoms with Crippen molar-refractivity contribution in [3.63, 3.8) is 0 Å². The van der Waals surface area contributed by atoms with Crippen molar-refractivity contribution in [2.45, 2.75) is 26.2 Å². The lowest BCUT2D eigenvalue weighted by Gasteiger charge is -2.21. The average Bonchev–Trinajstić information content (AvgIpc) is 2.28. The molecule has 0 atom stereocenters. The van der Waals surface area contributed by atoms with Gasteiger partial charge in [-0.05, 0) is 29.2 Å². The topological polar surface area (TPSA) is 22.1 Å². The molecule has 0 radical (unpaired) electrons. The van der Waals surface area contributed by atoms with Crippen molar-refractivity contribution in [3.05, 3.63) is 35.8 Å². The molecule has 90 valence electrons. The predicted octanol–water partition coefficient (Wildman–Crippen LogP) is 3.68. The minimum atomic E-state index is -0.251. The number of nitrogens with zero attached hydrogens (tertiary/aromatic N) is 1. The maximum absolute atomic E-state index is 14.0. The van der Waals surface area contributed by atoms with Crippen molar-refractivity contribution in [1.29, 1.82) is 0 Å². The lowest BCUT2D eigenvalue weighted by molar-refractivity contribution is 0.418. The Hall–Kier alpha value is -1.64. The number of pyridine rings is 1. The lowest BCUT2D eigenvalue weighted by atomic mass is 9.85. The highest BCUT2D eigenvalue weighted by Gasteiger charge is 2.20. The fourth-order valence-electron chi connectivity index (χ4n) is 1.99. The molecule has 0 saturated heterocycles. The van der Waals surface area contributed by atoms with Crippen molar-refractivity contribution in [3.8, 4) is 5.75 Å². The van der Waals surface area contributed by atoms with Gasteiger partial charge >= 0.3 is 0 Å². The molecule has 0 aliphatic carbocycles. The van der Waals surface area contributed by atoms with E-state index < -0.39 is 0 Å². The summed E-state index contributed by atoms with van der Waals surface area (Å²) in [5.74, 6) is 0.353. The molecule has 17 heavy (non-hydrogen) atoms. The molecule has 0 fully saturated rings. The maximum Gasteiger partial charge on any atom is 0.145 e. The number of benzene rings is 1. The van der Waals surface area contributed by atoms with E-state index in [4.69, 9.17) is 4.74 Å². The molecule has 2 nitrogen and oxygen atoms in total. The van der Waals surface area contributed by atoms with Crippen molar-refractivity contribution in [1.82, 2.24) is 4.98 Å². The van der Waals surface area contributed by atoms with Gasteiger partial charge in [-0.3, -0.25) is 4.98 Å². The molecule has 0 unspecified atom stereocenters. The van der Waals surface area contributed by atoms with E-state index in [1.165, 1.54) is 6.07 Å². The maximum atomic E-state index is 14.0. The van der Waals surface area contributed by atoms with Crippen molar-refractivity contribution >= 4 is 10.9 Å². The summed E-state index contributed by atoms with van der Waals surface area (Å²) in [6, 6.07) is 4.90. The van der Waals surface area contributed by atoms with E-state index >= 15 is 0 Å². The van der Waals surface area contributed by atoms with E-state index in [1.807, 2.05) is 6.07 Å². The van der Waals surface area contributed by atoms with Crippen LogP contribution >= 0.6 is 0 Å². The first-order valence-corrected chi connectivity index (χ1v) is 5.57. The Kier molecular flexibility index (Phi) is 2.77. The van der Waals surface area contributed by atoms with Crippen LogP contribution in [0.25, 0.3) is 10.9 Å². The number of methoxy groups -OCH3 is 1. The van der Waals surface area contributed by atoms with Gasteiger partial charge in [-0.15, -0.1) is 0 Å². The SMILES string of the molecule is COc1ccc(F)c2c(C(C)(C)C)ccnc12. The number of hydrogen-bond donors (Lipinski definition) is 0. The van der Waals surface area contributed by atoms with Gasteiger partial charge in [0.2, 0.25) is 0 Å². The molecule has 1 aromatic carbocycles. The highest BCUT2D eigenvalue weighted by molar-refractivity contribution is 5.88. The van der Waals surface area contributed by atoms with E-state index in [9.17, 15) is 4.39 Å². The molecule has 3 heteroatoms. The van der Waals surface area contributed by atoms with Gasteiger partial charge in [0.1, 0.15) is 17.1 Å². The largest absolute Gasteiger partial charge is 0.494 e. The highest BCUT2D eigenvalue weighted by atomic mass is 19.1. The molecular weight excluding hydrogens is 217 g/mol. The molecule has 0 saturated carbocycles. The smallest absolute Gasteiger partial charge is 0.145 e. The first kappa shape index (κ1) is 11.8. The van der Waals surface area contributed by atoms with Crippen molar-refractivity contribution in [2.24, 2.45) is 0 Å². The van der Waals surface area contributed by atoms with E-state index in [0.717, 1.165) is 5.56 Å². The van der Waals surface area contributed by atoms with Gasteiger partial charge in [0.05, 0.1) is 7.11 Å². The number of aromatic nitrogens is 1. The predicted molar refractivity (Wildman–Crippen MR) is 67.0 cm³/mol. The lowest BCUT2D eigenvalue weighted by Crippen LogP contribution is -2.12. The molecule has 0 spiro atoms. The number of hydrogen-bond acceptors (Lipinski definition) is 2. The summed E-state index contributed by atoms with van der Waals surface area (Å²) < 4.78 is 19.2. The van der Waals surface area contributed by atoms with Crippen LogP contribution in [0.4, 0.5) is 4.39 Å². The Labute approximate surface area is 100 Å². The fraction of sp³-hybridized carbons (Fsp3) is 0.357. The fourth-order valence-corrected chi connectivity index (χ4v) is 1.99. The third-order valence-electron chi connectivity index (χ3n) is 2.83. The summed E-state index contributed by atoms with van der Waals surface area (Å²) >= 11 is 0. The van der Waals surface area contributed by atoms with Gasteiger partial charge in [-0.2, -0.15) is 0 Å². The second kappa shape index (κ2) is 3.99. The second-order valence-electron chi connectivity index (χ2n) is 5.08. The number of ether oxygens (including phenoxy) is 1. The van der Waals surface area contributed by atoms with E-state index in [2.05, 4.69) is 25.8 Å². The quantitative estimate of drug-likeness (QED) is 0.749. The highest BCUT2D eigenvalue weighted by Crippen LogP contribution is 2.34. The monoisotopic (exact) mass is 233 g/mol. The molecular formula is C14H16FNO. The average molecular weight is 233 g/mol. The molecule has 2 aromatic rings. The van der Waals surface area contributed by atoms with Gasteiger partial charge in [0, 0.05) is 11.6 Å². The first-order valence-electron chi connectivity index (χ1n) is 5.57. The summed E-state index contributed by atoms with van der Waals surface area (Å²) in [7, 11) is 1.57. The van der Waals surface area contributed by atoms with E-state index in [1.54, 1.807) is 19.4 Å². The molecule has 0 bridgehead atoms. The molecule has 0 aliphatic rings. The van der Waals surface area contributed by atoms with Crippen LogP contribution in [0.5, 0.6) is 5.75 Å². The van der Waals surface area contributed by atoms with Crippen LogP contribution in [0, 0.1) is 5.82 Å². The van der Waals surface area contributed by atoms with Crippen LogP contribution in [-0.2, 0) is 5.41 Å². The zero-order chi connectivity index (χ0) is 12.6. The summed E-state index contributed by atoms with van der Waals surface area (Å²) in [6.45, 7) is 6.17. The minimum Gasteiger partial charge on any atom is -0.494 e. The third-order valence-corrected chi connectivity index (χ3v) is 2.83. The first-order chi connectivity index (χ1) is 7.95. The molecule has 0 N–H and O–H groups in total. The van der Waals surface area contributed by atoms with Gasteiger partial charge in [0.25, 0.3) is 0 Å². The van der Waals surface area contributed by atoms with Gasteiger partial charge in [-0.25, -0.2) is 4.39 Å². The molecule has 2 rings (SSSR count). The van der Waals surface area contributed by atoms with E-state index in [0.29, 0.717) is 16.7 Å². The van der Waals surface area contributed by atoms with E-state index in [-0.39, 0.29) is 11.2 Å². The molecule has 1 aromatic heterocycles. The minimum absolute atomic E-state index is 0.131. The Morgan fingerprint density at radius 3 is 2.47 bits per heavy atom. The zero-order valence-corrected chi connectivity index (χ0v) is 10.5. The van der Waals surface area contributed by atoms with Crippen LogP contribution < -0.4 is 4.74 Å². The zero-order valence-electron chi connectivity index (χ0n) is 10.5. The number of fused-ring (bicyclic) bond motifs is 1. The molecule has 0 aliphatic heterocycles. The summed E-state index contributed by atoms with van der Waals surface area (Å²) in [5, 5.41) is 0.555. The van der Waals surface area contributed by atoms with Gasteiger partial charge in [0.15, 0.2) is 0 Å². The summed E-state index contributed by atoms with van der Waals surface area (Å²) in [5.41, 5.74) is 1.40. The number of rotatable bonds is 1. The number of halogens is 1. The molecule has 1 heterocycles. The Balaban J connectivity index is 2.89. The Bertz CT molecular complexity index is 558. The van der Waals surface area contributed by atoms with Crippen LogP contribution in [0.1, 0.15) is 26.3 Å². The normalized spacial score (nSPS) is 11.8. The third kappa shape index (κ3) is 1.97.